The highest BCUT2D eigenvalue weighted by molar-refractivity contribution is 5.94. The van der Waals surface area contributed by atoms with Crippen LogP contribution in [-0.2, 0) is 47.9 Å². The monoisotopic (exact) mass is 770 g/mol. The van der Waals surface area contributed by atoms with Crippen LogP contribution in [-0.4, -0.2) is 123 Å². The molecule has 0 aliphatic rings. The van der Waals surface area contributed by atoms with Crippen LogP contribution in [0.1, 0.15) is 97.8 Å². The number of rotatable bonds is 30. The van der Waals surface area contributed by atoms with Crippen LogP contribution in [0, 0.1) is 0 Å². The first kappa shape index (κ1) is 48.6. The lowest BCUT2D eigenvalue weighted by atomic mass is 10.0. The second-order valence-electron chi connectivity index (χ2n) is 12.4. The largest absolute Gasteiger partial charge is 0.480 e. The van der Waals surface area contributed by atoms with Crippen molar-refractivity contribution in [1.29, 1.82) is 0 Å². The van der Waals surface area contributed by atoms with Crippen LogP contribution in [0.3, 0.4) is 0 Å². The van der Waals surface area contributed by atoms with Crippen LogP contribution in [0.2, 0.25) is 0 Å². The Balaban J connectivity index is 4.81. The third kappa shape index (κ3) is 22.5. The summed E-state index contributed by atoms with van der Waals surface area (Å²) >= 11 is 0. The lowest BCUT2D eigenvalue weighted by Gasteiger charge is -2.18. The summed E-state index contributed by atoms with van der Waals surface area (Å²) in [5, 5.41) is 52.1. The Hall–Kier alpha value is -5.40. The Morgan fingerprint density at radius 2 is 0.907 bits per heavy atom. The molecule has 0 aliphatic heterocycles. The maximum atomic E-state index is 12.5. The zero-order valence-electron chi connectivity index (χ0n) is 30.8. The van der Waals surface area contributed by atoms with Gasteiger partial charge in [-0.05, 0) is 70.9 Å². The molecular formula is C34H54N6O14. The van der Waals surface area contributed by atoms with Gasteiger partial charge in [-0.3, -0.25) is 28.8 Å². The highest BCUT2D eigenvalue weighted by atomic mass is 16.4. The second-order valence-corrected chi connectivity index (χ2v) is 12.4. The third-order valence-electron chi connectivity index (χ3n) is 7.77. The molecule has 0 aromatic heterocycles. The molecule has 0 aromatic rings. The van der Waals surface area contributed by atoms with Crippen molar-refractivity contribution in [1.82, 2.24) is 31.9 Å². The number of unbranched alkanes of at least 4 members (excludes halogenated alkanes) is 1. The van der Waals surface area contributed by atoms with Crippen LogP contribution in [0.25, 0.3) is 0 Å². The lowest BCUT2D eigenvalue weighted by molar-refractivity contribution is -0.144. The maximum Gasteiger partial charge on any atom is 0.326 e. The summed E-state index contributed by atoms with van der Waals surface area (Å²) in [5.74, 6) is -9.67. The van der Waals surface area contributed by atoms with Gasteiger partial charge in [0.15, 0.2) is 5.78 Å². The molecule has 0 radical (unpaired) electrons. The van der Waals surface area contributed by atoms with Crippen LogP contribution < -0.4 is 31.9 Å². The van der Waals surface area contributed by atoms with Gasteiger partial charge in [0.25, 0.3) is 0 Å². The summed E-state index contributed by atoms with van der Waals surface area (Å²) < 4.78 is 0. The highest BCUT2D eigenvalue weighted by Crippen LogP contribution is 2.07. The smallest absolute Gasteiger partial charge is 0.326 e. The van der Waals surface area contributed by atoms with Gasteiger partial charge < -0.3 is 52.3 Å². The molecule has 0 aliphatic carbocycles. The van der Waals surface area contributed by atoms with Gasteiger partial charge in [-0.25, -0.2) is 19.2 Å². The van der Waals surface area contributed by atoms with Gasteiger partial charge in [0.2, 0.25) is 29.5 Å². The molecule has 0 spiro atoms. The molecule has 54 heavy (non-hydrogen) atoms. The number of hydrogen-bond acceptors (Lipinski definition) is 11. The quantitative estimate of drug-likeness (QED) is 0.0316. The van der Waals surface area contributed by atoms with E-state index in [2.05, 4.69) is 31.9 Å². The molecule has 10 N–H and O–H groups in total. The number of nitrogens with one attached hydrogen (secondary N) is 6. The van der Waals surface area contributed by atoms with Crippen molar-refractivity contribution < 1.29 is 68.4 Å². The maximum absolute atomic E-state index is 12.5. The predicted molar refractivity (Wildman–Crippen MR) is 190 cm³/mol. The average molecular weight is 771 g/mol. The van der Waals surface area contributed by atoms with Gasteiger partial charge in [-0.1, -0.05) is 13.0 Å². The zero-order valence-corrected chi connectivity index (χ0v) is 30.8. The number of carbonyl (C=O) groups is 10. The number of ketones is 1. The van der Waals surface area contributed by atoms with Crippen molar-refractivity contribution in [3.8, 4) is 0 Å². The number of amides is 5. The minimum atomic E-state index is -1.61. The van der Waals surface area contributed by atoms with E-state index >= 15 is 0 Å². The summed E-state index contributed by atoms with van der Waals surface area (Å²) in [4.78, 5) is 119. The van der Waals surface area contributed by atoms with E-state index in [1.54, 1.807) is 13.0 Å². The zero-order chi connectivity index (χ0) is 41.2. The van der Waals surface area contributed by atoms with Crippen molar-refractivity contribution in [2.45, 2.75) is 128 Å². The molecule has 0 heterocycles. The van der Waals surface area contributed by atoms with E-state index in [0.29, 0.717) is 32.4 Å². The number of allylic oxidation sites excluding steroid dienone is 1. The van der Waals surface area contributed by atoms with Gasteiger partial charge in [-0.2, -0.15) is 0 Å². The SMILES string of the molecule is CC=CC(=O)C(CCCCNC(=O)CCC(NC(=O)CCC(NC(=O)CCC(NC(=O)CCC(NC(C)=O)C(=O)O)C(=O)O)C(=O)O)C(=O)O)NCCC. The van der Waals surface area contributed by atoms with E-state index in [4.69, 9.17) is 5.11 Å². The molecule has 304 valence electrons. The van der Waals surface area contributed by atoms with E-state index < -0.39 is 110 Å². The number of carbonyl (C=O) groups excluding carboxylic acids is 6. The Morgan fingerprint density at radius 1 is 0.519 bits per heavy atom. The summed E-state index contributed by atoms with van der Waals surface area (Å²) in [6.45, 7) is 5.81. The molecule has 5 unspecified atom stereocenters. The minimum Gasteiger partial charge on any atom is -0.480 e. The first-order valence-electron chi connectivity index (χ1n) is 17.6. The summed E-state index contributed by atoms with van der Waals surface area (Å²) in [7, 11) is 0. The van der Waals surface area contributed by atoms with E-state index in [1.807, 2.05) is 6.92 Å². The molecule has 5 amide bonds. The molecule has 0 rings (SSSR count). The van der Waals surface area contributed by atoms with Gasteiger partial charge in [-0.15, -0.1) is 0 Å². The van der Waals surface area contributed by atoms with Crippen molar-refractivity contribution in [3.63, 3.8) is 0 Å². The van der Waals surface area contributed by atoms with Crippen molar-refractivity contribution in [3.05, 3.63) is 12.2 Å². The van der Waals surface area contributed by atoms with Gasteiger partial charge in [0.1, 0.15) is 24.2 Å². The van der Waals surface area contributed by atoms with Crippen molar-refractivity contribution >= 4 is 59.2 Å². The molecule has 5 atom stereocenters. The number of carboxylic acid groups (broad SMARTS) is 4. The second kappa shape index (κ2) is 27.2. The Morgan fingerprint density at radius 3 is 1.26 bits per heavy atom. The van der Waals surface area contributed by atoms with Crippen LogP contribution in [0.5, 0.6) is 0 Å². The normalized spacial score (nSPS) is 13.7. The van der Waals surface area contributed by atoms with Gasteiger partial charge in [0.05, 0.1) is 6.04 Å². The fourth-order valence-electron chi connectivity index (χ4n) is 4.91. The van der Waals surface area contributed by atoms with Crippen molar-refractivity contribution in [2.75, 3.05) is 13.1 Å². The highest BCUT2D eigenvalue weighted by Gasteiger charge is 2.27. The van der Waals surface area contributed by atoms with Gasteiger partial charge >= 0.3 is 23.9 Å². The molecule has 20 heteroatoms. The van der Waals surface area contributed by atoms with Crippen LogP contribution >= 0.6 is 0 Å². The van der Waals surface area contributed by atoms with Crippen LogP contribution in [0.15, 0.2) is 12.2 Å². The first-order valence-corrected chi connectivity index (χ1v) is 17.6. The molecule has 0 saturated carbocycles. The summed E-state index contributed by atoms with van der Waals surface area (Å²) in [5.41, 5.74) is 0. The Kier molecular flexibility index (Phi) is 24.5. The molecular weight excluding hydrogens is 716 g/mol. The minimum absolute atomic E-state index is 0.0270. The number of aliphatic carboxylic acids is 4. The standard InChI is InChI=1S/C34H54N6O14/c1-4-8-26(42)21(35-18-5-2)9-6-7-19-36-27(43)14-10-23(32(49)50)38-29(45)16-12-25(34(53)54)40-30(46)17-13-24(33(51)52)39-28(44)15-11-22(31(47)48)37-20(3)41/h4,8,21-25,35H,5-7,9-19H2,1-3H3,(H,36,43)(H,37,41)(H,38,45)(H,39,44)(H,40,46)(H,47,48)(H,49,50)(H,51,52)(H,53,54). The number of carboxylic acids is 4. The summed E-state index contributed by atoms with van der Waals surface area (Å²) in [6.07, 6.45) is 2.52. The van der Waals surface area contributed by atoms with E-state index in [9.17, 15) is 63.3 Å². The van der Waals surface area contributed by atoms with E-state index in [1.165, 1.54) is 6.08 Å². The fraction of sp³-hybridized carbons (Fsp3) is 0.647. The van der Waals surface area contributed by atoms with Crippen LogP contribution in [0.4, 0.5) is 0 Å². The third-order valence-corrected chi connectivity index (χ3v) is 7.77. The molecule has 0 fully saturated rings. The lowest BCUT2D eigenvalue weighted by Crippen LogP contribution is -2.45. The predicted octanol–water partition coefficient (Wildman–Crippen LogP) is -0.795. The molecule has 20 nitrogen and oxygen atoms in total. The molecule has 0 saturated heterocycles. The summed E-state index contributed by atoms with van der Waals surface area (Å²) in [6, 6.07) is -6.39. The molecule has 0 aromatic carbocycles. The fourth-order valence-corrected chi connectivity index (χ4v) is 4.91. The van der Waals surface area contributed by atoms with Crippen molar-refractivity contribution in [2.24, 2.45) is 0 Å². The molecule has 0 bridgehead atoms. The van der Waals surface area contributed by atoms with Gasteiger partial charge in [0, 0.05) is 39.2 Å². The number of hydrogen-bond donors (Lipinski definition) is 10. The Bertz CT molecular complexity index is 1350. The van der Waals surface area contributed by atoms with E-state index in [-0.39, 0.29) is 31.1 Å². The first-order chi connectivity index (χ1) is 25.4. The Labute approximate surface area is 312 Å². The average Bonchev–Trinajstić information content (AvgIpc) is 3.08. The van der Waals surface area contributed by atoms with E-state index in [0.717, 1.165) is 13.3 Å². The topological polar surface area (TPSA) is 324 Å².